The second-order valence-corrected chi connectivity index (χ2v) is 8.82. The number of carbonyl (C=O) groups is 1. The Hall–Kier alpha value is -5.31. The first-order chi connectivity index (χ1) is 19.2. The van der Waals surface area contributed by atoms with Crippen molar-refractivity contribution in [3.8, 4) is 11.3 Å². The SMILES string of the molecule is CCOC(=O)Nc1cc2c(nc(-c3ccccc3)c3nncn32)c(NC(c2ccccc2)c2ccccc2)n1. The Kier molecular flexibility index (Phi) is 6.53. The van der Waals surface area contributed by atoms with Crippen molar-refractivity contribution in [2.24, 2.45) is 0 Å². The first kappa shape index (κ1) is 24.1. The molecule has 6 aromatic rings. The summed E-state index contributed by atoms with van der Waals surface area (Å²) in [5.41, 5.74) is 5.56. The van der Waals surface area contributed by atoms with Gasteiger partial charge in [-0.1, -0.05) is 91.0 Å². The van der Waals surface area contributed by atoms with Crippen LogP contribution in [-0.2, 0) is 4.74 Å². The first-order valence-electron chi connectivity index (χ1n) is 12.6. The molecular weight excluding hydrogens is 490 g/mol. The van der Waals surface area contributed by atoms with Gasteiger partial charge in [-0.15, -0.1) is 10.2 Å². The zero-order chi connectivity index (χ0) is 26.6. The molecule has 0 bridgehead atoms. The van der Waals surface area contributed by atoms with Gasteiger partial charge in [0.1, 0.15) is 23.4 Å². The van der Waals surface area contributed by atoms with Gasteiger partial charge >= 0.3 is 6.09 Å². The maximum absolute atomic E-state index is 12.3. The summed E-state index contributed by atoms with van der Waals surface area (Å²) in [4.78, 5) is 22.2. The molecule has 0 spiro atoms. The Morgan fingerprint density at radius 2 is 1.54 bits per heavy atom. The second kappa shape index (κ2) is 10.6. The molecular formula is C30H25N7O2. The molecule has 9 nitrogen and oxygen atoms in total. The Morgan fingerprint density at radius 1 is 0.897 bits per heavy atom. The van der Waals surface area contributed by atoms with Crippen LogP contribution < -0.4 is 10.6 Å². The third-order valence-corrected chi connectivity index (χ3v) is 6.31. The third kappa shape index (κ3) is 4.85. The number of pyridine rings is 1. The lowest BCUT2D eigenvalue weighted by Crippen LogP contribution is -2.17. The molecule has 6 rings (SSSR count). The van der Waals surface area contributed by atoms with Crippen molar-refractivity contribution < 1.29 is 9.53 Å². The van der Waals surface area contributed by atoms with E-state index < -0.39 is 6.09 Å². The van der Waals surface area contributed by atoms with E-state index in [-0.39, 0.29) is 12.6 Å². The fourth-order valence-corrected chi connectivity index (χ4v) is 4.57. The van der Waals surface area contributed by atoms with E-state index in [1.54, 1.807) is 19.3 Å². The lowest BCUT2D eigenvalue weighted by Gasteiger charge is -2.22. The van der Waals surface area contributed by atoms with Crippen molar-refractivity contribution in [2.75, 3.05) is 17.2 Å². The van der Waals surface area contributed by atoms with Crippen molar-refractivity contribution in [2.45, 2.75) is 13.0 Å². The molecule has 0 atom stereocenters. The summed E-state index contributed by atoms with van der Waals surface area (Å²) in [7, 11) is 0. The Labute approximate surface area is 224 Å². The number of carbonyl (C=O) groups excluding carboxylic acids is 1. The number of aromatic nitrogens is 5. The van der Waals surface area contributed by atoms with Gasteiger partial charge in [-0.2, -0.15) is 0 Å². The van der Waals surface area contributed by atoms with Gasteiger partial charge in [-0.25, -0.2) is 14.8 Å². The summed E-state index contributed by atoms with van der Waals surface area (Å²) in [5, 5.41) is 14.9. The summed E-state index contributed by atoms with van der Waals surface area (Å²) in [6.07, 6.45) is 1.04. The van der Waals surface area contributed by atoms with Gasteiger partial charge in [0.2, 0.25) is 0 Å². The van der Waals surface area contributed by atoms with E-state index in [0.29, 0.717) is 34.0 Å². The lowest BCUT2D eigenvalue weighted by molar-refractivity contribution is 0.168. The molecule has 0 fully saturated rings. The van der Waals surface area contributed by atoms with E-state index >= 15 is 0 Å². The molecule has 39 heavy (non-hydrogen) atoms. The number of rotatable bonds is 7. The van der Waals surface area contributed by atoms with E-state index in [2.05, 4.69) is 45.1 Å². The topological polar surface area (TPSA) is 106 Å². The van der Waals surface area contributed by atoms with E-state index in [0.717, 1.165) is 16.7 Å². The largest absolute Gasteiger partial charge is 0.450 e. The highest BCUT2D eigenvalue weighted by molar-refractivity contribution is 5.95. The molecule has 0 aliphatic rings. The minimum absolute atomic E-state index is 0.237. The maximum atomic E-state index is 12.3. The zero-order valence-electron chi connectivity index (χ0n) is 21.2. The van der Waals surface area contributed by atoms with Gasteiger partial charge < -0.3 is 10.1 Å². The van der Waals surface area contributed by atoms with Crippen LogP contribution >= 0.6 is 0 Å². The van der Waals surface area contributed by atoms with Gasteiger partial charge in [0, 0.05) is 11.6 Å². The number of benzene rings is 3. The van der Waals surface area contributed by atoms with Crippen LogP contribution in [0.4, 0.5) is 16.4 Å². The number of anilines is 2. The summed E-state index contributed by atoms with van der Waals surface area (Å²) in [6, 6.07) is 31.6. The van der Waals surface area contributed by atoms with Crippen molar-refractivity contribution >= 4 is 34.4 Å². The molecule has 3 heterocycles. The van der Waals surface area contributed by atoms with Gasteiger partial charge in [-0.3, -0.25) is 9.72 Å². The van der Waals surface area contributed by atoms with Crippen molar-refractivity contribution in [3.63, 3.8) is 0 Å². The van der Waals surface area contributed by atoms with Gasteiger partial charge in [0.05, 0.1) is 18.2 Å². The number of hydrogen-bond acceptors (Lipinski definition) is 7. The van der Waals surface area contributed by atoms with Gasteiger partial charge in [-0.05, 0) is 18.1 Å². The van der Waals surface area contributed by atoms with Crippen LogP contribution in [0.1, 0.15) is 24.1 Å². The van der Waals surface area contributed by atoms with E-state index in [9.17, 15) is 4.79 Å². The summed E-state index contributed by atoms with van der Waals surface area (Å²) < 4.78 is 6.96. The summed E-state index contributed by atoms with van der Waals surface area (Å²) in [6.45, 7) is 1.99. The maximum Gasteiger partial charge on any atom is 0.412 e. The third-order valence-electron chi connectivity index (χ3n) is 6.31. The van der Waals surface area contributed by atoms with E-state index in [1.807, 2.05) is 71.1 Å². The first-order valence-corrected chi connectivity index (χ1v) is 12.6. The fraction of sp³-hybridized carbons (Fsp3) is 0.100. The molecule has 9 heteroatoms. The molecule has 2 N–H and O–H groups in total. The molecule has 1 amide bonds. The highest BCUT2D eigenvalue weighted by Gasteiger charge is 2.21. The number of nitrogens with zero attached hydrogens (tertiary/aromatic N) is 5. The molecule has 0 saturated carbocycles. The molecule has 3 aromatic carbocycles. The quantitative estimate of drug-likeness (QED) is 0.264. The zero-order valence-corrected chi connectivity index (χ0v) is 21.2. The van der Waals surface area contributed by atoms with Crippen LogP contribution in [0.2, 0.25) is 0 Å². The monoisotopic (exact) mass is 515 g/mol. The number of amides is 1. The molecule has 0 radical (unpaired) electrons. The van der Waals surface area contributed by atoms with Crippen LogP contribution in [0.5, 0.6) is 0 Å². The van der Waals surface area contributed by atoms with Crippen molar-refractivity contribution in [1.29, 1.82) is 0 Å². The Morgan fingerprint density at radius 3 is 2.18 bits per heavy atom. The van der Waals surface area contributed by atoms with Crippen LogP contribution in [-0.4, -0.2) is 37.3 Å². The number of fused-ring (bicyclic) bond motifs is 3. The normalized spacial score (nSPS) is 11.1. The van der Waals surface area contributed by atoms with Crippen molar-refractivity contribution in [1.82, 2.24) is 24.6 Å². The number of nitrogens with one attached hydrogen (secondary N) is 2. The lowest BCUT2D eigenvalue weighted by atomic mass is 9.98. The van der Waals surface area contributed by atoms with Crippen molar-refractivity contribution in [3.05, 3.63) is 115 Å². The number of hydrogen-bond donors (Lipinski definition) is 2. The highest BCUT2D eigenvalue weighted by Crippen LogP contribution is 2.33. The highest BCUT2D eigenvalue weighted by atomic mass is 16.5. The molecule has 0 unspecified atom stereocenters. The van der Waals surface area contributed by atoms with E-state index in [4.69, 9.17) is 14.7 Å². The van der Waals surface area contributed by atoms with Crippen LogP contribution in [0.25, 0.3) is 27.9 Å². The van der Waals surface area contributed by atoms with Crippen LogP contribution in [0.15, 0.2) is 103 Å². The Bertz CT molecular complexity index is 1700. The number of ether oxygens (including phenoxy) is 1. The molecule has 3 aromatic heterocycles. The predicted octanol–water partition coefficient (Wildman–Crippen LogP) is 6.11. The van der Waals surface area contributed by atoms with Gasteiger partial charge in [0.15, 0.2) is 11.5 Å². The summed E-state index contributed by atoms with van der Waals surface area (Å²) in [5.74, 6) is 0.803. The summed E-state index contributed by atoms with van der Waals surface area (Å²) >= 11 is 0. The minimum Gasteiger partial charge on any atom is -0.450 e. The average Bonchev–Trinajstić information content (AvgIpc) is 3.48. The fourth-order valence-electron chi connectivity index (χ4n) is 4.57. The van der Waals surface area contributed by atoms with Gasteiger partial charge in [0.25, 0.3) is 0 Å². The Balaban J connectivity index is 1.58. The van der Waals surface area contributed by atoms with E-state index in [1.165, 1.54) is 0 Å². The molecule has 192 valence electrons. The molecule has 0 aliphatic carbocycles. The second-order valence-electron chi connectivity index (χ2n) is 8.82. The average molecular weight is 516 g/mol. The van der Waals surface area contributed by atoms with Crippen LogP contribution in [0, 0.1) is 0 Å². The standard InChI is InChI=1S/C30H25N7O2/c1-2-39-30(38)33-24-18-23-27(34-26(22-16-10-5-11-17-22)29-36-31-19-37(23)29)28(32-24)35-25(20-12-6-3-7-13-20)21-14-8-4-9-15-21/h3-19,25H,2H2,1H3,(H2,32,33,35,38). The smallest absolute Gasteiger partial charge is 0.412 e. The predicted molar refractivity (Wildman–Crippen MR) is 151 cm³/mol. The van der Waals surface area contributed by atoms with Crippen LogP contribution in [0.3, 0.4) is 0 Å². The molecule has 0 aliphatic heterocycles. The molecule has 0 saturated heterocycles. The minimum atomic E-state index is -0.591.